The van der Waals surface area contributed by atoms with Gasteiger partial charge in [0.05, 0.1) is 15.6 Å². The van der Waals surface area contributed by atoms with Crippen LogP contribution in [0.4, 0.5) is 0 Å². The lowest BCUT2D eigenvalue weighted by molar-refractivity contribution is -0.171. The number of carboxylic acid groups (broad SMARTS) is 1. The van der Waals surface area contributed by atoms with Gasteiger partial charge in [0.15, 0.2) is 6.10 Å². The van der Waals surface area contributed by atoms with E-state index in [0.717, 1.165) is 32.1 Å². The van der Waals surface area contributed by atoms with Gasteiger partial charge in [0.2, 0.25) is 0 Å². The van der Waals surface area contributed by atoms with Gasteiger partial charge in [-0.2, -0.15) is 0 Å². The largest absolute Gasteiger partial charge is 0.479 e. The van der Waals surface area contributed by atoms with E-state index in [1.165, 1.54) is 12.8 Å². The number of hydrogen-bond acceptors (Lipinski definition) is 7. The summed E-state index contributed by atoms with van der Waals surface area (Å²) in [5, 5.41) is 28.3. The van der Waals surface area contributed by atoms with Gasteiger partial charge in [-0.1, -0.05) is 33.1 Å². The number of rotatable bonds is 12. The van der Waals surface area contributed by atoms with E-state index in [9.17, 15) is 19.8 Å². The molecule has 2 aliphatic carbocycles. The molecule has 8 heteroatoms. The molecular formula is C26H46O6S2. The maximum absolute atomic E-state index is 13.1. The topological polar surface area (TPSA) is 104 Å². The molecule has 0 aromatic rings. The van der Waals surface area contributed by atoms with Crippen molar-refractivity contribution in [2.24, 2.45) is 29.1 Å². The normalized spacial score (nSPS) is 30.8. The van der Waals surface area contributed by atoms with Gasteiger partial charge in [0, 0.05) is 12.3 Å². The Kier molecular flexibility index (Phi) is 11.1. The molecule has 0 spiro atoms. The summed E-state index contributed by atoms with van der Waals surface area (Å²) >= 11 is 3.79. The van der Waals surface area contributed by atoms with Crippen LogP contribution in [0.15, 0.2) is 0 Å². The Morgan fingerprint density at radius 3 is 2.32 bits per heavy atom. The zero-order valence-electron chi connectivity index (χ0n) is 21.8. The highest BCUT2D eigenvalue weighted by Crippen LogP contribution is 2.57. The van der Waals surface area contributed by atoms with E-state index in [4.69, 9.17) is 9.84 Å². The van der Waals surface area contributed by atoms with E-state index >= 15 is 0 Å². The Labute approximate surface area is 214 Å². The molecule has 2 saturated carbocycles. The maximum atomic E-state index is 13.1. The minimum absolute atomic E-state index is 0.0741. The van der Waals surface area contributed by atoms with E-state index in [2.05, 4.69) is 19.4 Å². The fraction of sp³-hybridized carbons (Fsp3) is 0.923. The molecule has 198 valence electrons. The van der Waals surface area contributed by atoms with Crippen LogP contribution in [0.3, 0.4) is 0 Å². The molecule has 3 N–H and O–H groups in total. The van der Waals surface area contributed by atoms with Gasteiger partial charge in [-0.3, -0.25) is 4.79 Å². The van der Waals surface area contributed by atoms with Crippen molar-refractivity contribution in [3.05, 3.63) is 0 Å². The lowest BCUT2D eigenvalue weighted by atomic mass is 9.59. The second-order valence-corrected chi connectivity index (χ2v) is 13.7. The van der Waals surface area contributed by atoms with Crippen molar-refractivity contribution in [2.45, 2.75) is 108 Å². The standard InChI is InChI=1S/C26H46O6S2/c1-7-25(3,4)24(31)32-20-15-26(33-5,34-6)14-17-13-12-16(2)18(21(17)20)10-8-9-11-19(27)22(28)23(29)30/h16-22,27-28H,7-15H2,1-6H3,(H,29,30)/t16-,17-,18-,19+,20-,21+,22?/m1/s1. The molecule has 2 aliphatic rings. The average molecular weight is 519 g/mol. The van der Waals surface area contributed by atoms with Crippen LogP contribution in [0.5, 0.6) is 0 Å². The first-order chi connectivity index (χ1) is 15.9. The molecule has 0 heterocycles. The zero-order chi connectivity index (χ0) is 25.7. The number of fused-ring (bicyclic) bond motifs is 1. The maximum Gasteiger partial charge on any atom is 0.335 e. The molecule has 7 atom stereocenters. The summed E-state index contributed by atoms with van der Waals surface area (Å²) in [5.41, 5.74) is -0.495. The van der Waals surface area contributed by atoms with Crippen LogP contribution in [-0.4, -0.2) is 62.2 Å². The van der Waals surface area contributed by atoms with E-state index in [0.29, 0.717) is 30.1 Å². The van der Waals surface area contributed by atoms with Crippen LogP contribution in [0, 0.1) is 29.1 Å². The van der Waals surface area contributed by atoms with Gasteiger partial charge in [-0.05, 0) is 76.2 Å². The highest BCUT2D eigenvalue weighted by molar-refractivity contribution is 8.17. The quantitative estimate of drug-likeness (QED) is 0.184. The number of carbonyl (C=O) groups excluding carboxylic acids is 1. The van der Waals surface area contributed by atoms with E-state index < -0.39 is 23.6 Å². The van der Waals surface area contributed by atoms with Crippen LogP contribution in [0.1, 0.15) is 85.5 Å². The third-order valence-corrected chi connectivity index (χ3v) is 11.8. The van der Waals surface area contributed by atoms with Gasteiger partial charge in [-0.25, -0.2) is 4.79 Å². The van der Waals surface area contributed by atoms with Gasteiger partial charge < -0.3 is 20.1 Å². The van der Waals surface area contributed by atoms with Gasteiger partial charge >= 0.3 is 11.9 Å². The molecule has 6 nitrogen and oxygen atoms in total. The highest BCUT2D eigenvalue weighted by atomic mass is 32.2. The average Bonchev–Trinajstić information content (AvgIpc) is 2.81. The van der Waals surface area contributed by atoms with Crippen molar-refractivity contribution in [1.82, 2.24) is 0 Å². The predicted octanol–water partition coefficient (Wildman–Crippen LogP) is 5.20. The Balaban J connectivity index is 2.16. The number of carbonyl (C=O) groups is 2. The fourth-order valence-electron chi connectivity index (χ4n) is 5.87. The number of thioether (sulfide) groups is 2. The van der Waals surface area contributed by atoms with Gasteiger partial charge in [0.1, 0.15) is 6.10 Å². The second kappa shape index (κ2) is 12.7. The smallest absolute Gasteiger partial charge is 0.335 e. The monoisotopic (exact) mass is 518 g/mol. The number of hydrogen-bond donors (Lipinski definition) is 3. The molecule has 0 radical (unpaired) electrons. The summed E-state index contributed by atoms with van der Waals surface area (Å²) in [6.07, 6.45) is 9.14. The summed E-state index contributed by atoms with van der Waals surface area (Å²) in [4.78, 5) is 24.0. The molecule has 2 fully saturated rings. The van der Waals surface area contributed by atoms with Crippen molar-refractivity contribution in [3.8, 4) is 0 Å². The number of aliphatic hydroxyl groups is 2. The summed E-state index contributed by atoms with van der Waals surface area (Å²) in [6.45, 7) is 8.26. The van der Waals surface area contributed by atoms with Crippen LogP contribution in [0.25, 0.3) is 0 Å². The number of ether oxygens (including phenoxy) is 1. The molecule has 34 heavy (non-hydrogen) atoms. The third kappa shape index (κ3) is 7.07. The summed E-state index contributed by atoms with van der Waals surface area (Å²) in [6, 6.07) is 0. The van der Waals surface area contributed by atoms with Crippen molar-refractivity contribution in [1.29, 1.82) is 0 Å². The first-order valence-electron chi connectivity index (χ1n) is 12.8. The molecule has 0 amide bonds. The predicted molar refractivity (Wildman–Crippen MR) is 140 cm³/mol. The molecule has 0 bridgehead atoms. The van der Waals surface area contributed by atoms with Crippen molar-refractivity contribution >= 4 is 35.5 Å². The van der Waals surface area contributed by atoms with Crippen LogP contribution in [-0.2, 0) is 14.3 Å². The summed E-state index contributed by atoms with van der Waals surface area (Å²) in [7, 11) is 0. The van der Waals surface area contributed by atoms with Crippen molar-refractivity contribution in [3.63, 3.8) is 0 Å². The lowest BCUT2D eigenvalue weighted by Crippen LogP contribution is -2.52. The molecule has 0 aliphatic heterocycles. The second-order valence-electron chi connectivity index (χ2n) is 11.1. The molecule has 0 saturated heterocycles. The Hall–Kier alpha value is -0.440. The third-order valence-electron chi connectivity index (χ3n) is 8.62. The Morgan fingerprint density at radius 1 is 1.12 bits per heavy atom. The number of carboxylic acids is 1. The fourth-order valence-corrected chi connectivity index (χ4v) is 7.96. The first-order valence-corrected chi connectivity index (χ1v) is 15.3. The zero-order valence-corrected chi connectivity index (χ0v) is 23.4. The summed E-state index contributed by atoms with van der Waals surface area (Å²) in [5.74, 6) is 0.347. The molecule has 0 aromatic heterocycles. The minimum atomic E-state index is -1.73. The number of esters is 1. The van der Waals surface area contributed by atoms with Gasteiger partial charge in [-0.15, -0.1) is 23.5 Å². The van der Waals surface area contributed by atoms with Crippen molar-refractivity contribution in [2.75, 3.05) is 12.5 Å². The van der Waals surface area contributed by atoms with E-state index in [1.54, 1.807) is 0 Å². The number of unbranched alkanes of at least 4 members (excludes halogenated alkanes) is 1. The number of aliphatic hydroxyl groups excluding tert-OH is 2. The van der Waals surface area contributed by atoms with Crippen LogP contribution in [0.2, 0.25) is 0 Å². The molecule has 1 unspecified atom stereocenters. The van der Waals surface area contributed by atoms with E-state index in [1.807, 2.05) is 44.3 Å². The minimum Gasteiger partial charge on any atom is -0.479 e. The Morgan fingerprint density at radius 2 is 1.76 bits per heavy atom. The molecule has 2 rings (SSSR count). The van der Waals surface area contributed by atoms with Crippen LogP contribution >= 0.6 is 23.5 Å². The molecular weight excluding hydrogens is 472 g/mol. The highest BCUT2D eigenvalue weighted by Gasteiger charge is 2.52. The lowest BCUT2D eigenvalue weighted by Gasteiger charge is -2.53. The SMILES string of the molecule is CCC(C)(C)C(=O)O[C@@H]1CC(SC)(SC)C[C@H]2CC[C@@H](C)[C@@H](CCCC[C@H](O)C(O)C(=O)O)[C@H]21. The van der Waals surface area contributed by atoms with E-state index in [-0.39, 0.29) is 22.6 Å². The summed E-state index contributed by atoms with van der Waals surface area (Å²) < 4.78 is 6.43. The Bertz CT molecular complexity index is 680. The van der Waals surface area contributed by atoms with Crippen molar-refractivity contribution < 1.29 is 29.6 Å². The van der Waals surface area contributed by atoms with Crippen LogP contribution < -0.4 is 0 Å². The molecule has 0 aromatic carbocycles. The number of aliphatic carboxylic acids is 1. The van der Waals surface area contributed by atoms with Gasteiger partial charge in [0.25, 0.3) is 0 Å². The first kappa shape index (κ1) is 29.8.